The number of hydrogen-bond donors (Lipinski definition) is 10. The van der Waals surface area contributed by atoms with Crippen LogP contribution in [0.15, 0.2) is 30.3 Å². The predicted octanol–water partition coefficient (Wildman–Crippen LogP) is -4.20. The maximum atomic E-state index is 13.0. The number of carboxylic acids is 2. The van der Waals surface area contributed by atoms with Crippen LogP contribution in [-0.2, 0) is 44.8 Å². The van der Waals surface area contributed by atoms with Crippen molar-refractivity contribution in [3.05, 3.63) is 35.9 Å². The average molecular weight is 637 g/mol. The lowest BCUT2D eigenvalue weighted by molar-refractivity contribution is -0.143. The molecule has 0 spiro atoms. The summed E-state index contributed by atoms with van der Waals surface area (Å²) < 4.78 is 0. The zero-order valence-corrected chi connectivity index (χ0v) is 24.8. The number of nitrogens with two attached hydrogens (primary N) is 3. The quantitative estimate of drug-likeness (QED) is 0.0691. The molecule has 0 saturated carbocycles. The van der Waals surface area contributed by atoms with Crippen LogP contribution in [0.25, 0.3) is 0 Å². The van der Waals surface area contributed by atoms with Gasteiger partial charge in [0.05, 0.1) is 12.5 Å². The van der Waals surface area contributed by atoms with Gasteiger partial charge in [0.2, 0.25) is 35.4 Å². The Labute approximate surface area is 258 Å². The number of benzene rings is 1. The van der Waals surface area contributed by atoms with Gasteiger partial charge in [0.15, 0.2) is 0 Å². The molecule has 6 atom stereocenters. The summed E-state index contributed by atoms with van der Waals surface area (Å²) in [6, 6.07) is 0.379. The molecular formula is C27H40N8O10. The highest BCUT2D eigenvalue weighted by atomic mass is 16.4. The summed E-state index contributed by atoms with van der Waals surface area (Å²) in [5.41, 5.74) is 16.6. The lowest BCUT2D eigenvalue weighted by atomic mass is 10.0. The van der Waals surface area contributed by atoms with Crippen LogP contribution in [0.1, 0.15) is 38.7 Å². The van der Waals surface area contributed by atoms with Gasteiger partial charge in [-0.25, -0.2) is 4.79 Å². The molecule has 0 aliphatic heterocycles. The van der Waals surface area contributed by atoms with Gasteiger partial charge in [0.25, 0.3) is 0 Å². The van der Waals surface area contributed by atoms with E-state index in [2.05, 4.69) is 26.6 Å². The largest absolute Gasteiger partial charge is 0.481 e. The number of primary amides is 1. The van der Waals surface area contributed by atoms with Crippen molar-refractivity contribution in [3.8, 4) is 0 Å². The molecule has 18 nitrogen and oxygen atoms in total. The number of aliphatic carboxylic acids is 2. The van der Waals surface area contributed by atoms with Crippen molar-refractivity contribution in [2.24, 2.45) is 17.2 Å². The van der Waals surface area contributed by atoms with E-state index in [0.29, 0.717) is 5.56 Å². The topological polar surface area (TPSA) is 315 Å². The minimum absolute atomic E-state index is 0.0777. The first kappa shape index (κ1) is 37.9. The first-order valence-corrected chi connectivity index (χ1v) is 13.8. The van der Waals surface area contributed by atoms with Crippen LogP contribution in [0.3, 0.4) is 0 Å². The maximum Gasteiger partial charge on any atom is 0.326 e. The zero-order chi connectivity index (χ0) is 34.3. The van der Waals surface area contributed by atoms with Crippen molar-refractivity contribution >= 4 is 47.4 Å². The molecule has 0 aliphatic rings. The number of amides is 6. The molecule has 0 aromatic heterocycles. The first-order valence-electron chi connectivity index (χ1n) is 13.8. The van der Waals surface area contributed by atoms with Gasteiger partial charge >= 0.3 is 11.9 Å². The van der Waals surface area contributed by atoms with Crippen LogP contribution < -0.4 is 43.8 Å². The maximum absolute atomic E-state index is 13.0. The van der Waals surface area contributed by atoms with Crippen LogP contribution in [0.4, 0.5) is 0 Å². The lowest BCUT2D eigenvalue weighted by Crippen LogP contribution is -2.58. The van der Waals surface area contributed by atoms with Crippen LogP contribution >= 0.6 is 0 Å². The Balaban J connectivity index is 2.95. The molecule has 18 heteroatoms. The van der Waals surface area contributed by atoms with E-state index in [1.165, 1.54) is 13.8 Å². The summed E-state index contributed by atoms with van der Waals surface area (Å²) in [7, 11) is 0. The van der Waals surface area contributed by atoms with Gasteiger partial charge in [0, 0.05) is 19.4 Å². The number of carbonyl (C=O) groups excluding carboxylic acids is 6. The zero-order valence-electron chi connectivity index (χ0n) is 24.8. The van der Waals surface area contributed by atoms with Gasteiger partial charge in [-0.2, -0.15) is 0 Å². The molecule has 1 rings (SSSR count). The van der Waals surface area contributed by atoms with Crippen molar-refractivity contribution in [1.29, 1.82) is 0 Å². The van der Waals surface area contributed by atoms with Crippen molar-refractivity contribution < 1.29 is 48.6 Å². The lowest BCUT2D eigenvalue weighted by Gasteiger charge is -2.24. The van der Waals surface area contributed by atoms with Crippen molar-refractivity contribution in [3.63, 3.8) is 0 Å². The third kappa shape index (κ3) is 13.8. The third-order valence-electron chi connectivity index (χ3n) is 6.31. The second kappa shape index (κ2) is 18.5. The van der Waals surface area contributed by atoms with Gasteiger partial charge < -0.3 is 54.0 Å². The molecule has 248 valence electrons. The summed E-state index contributed by atoms with van der Waals surface area (Å²) in [6.07, 6.45) is -1.57. The normalized spacial score (nSPS) is 14.7. The van der Waals surface area contributed by atoms with Gasteiger partial charge in [-0.15, -0.1) is 0 Å². The van der Waals surface area contributed by atoms with Crippen LogP contribution in [-0.4, -0.2) is 100 Å². The summed E-state index contributed by atoms with van der Waals surface area (Å²) in [5.74, 6) is -8.04. The molecule has 1 aromatic rings. The van der Waals surface area contributed by atoms with E-state index in [1.54, 1.807) is 30.3 Å². The molecule has 6 amide bonds. The number of carboxylic acid groups (broad SMARTS) is 2. The minimum atomic E-state index is -1.65. The third-order valence-corrected chi connectivity index (χ3v) is 6.31. The molecule has 0 saturated heterocycles. The predicted molar refractivity (Wildman–Crippen MR) is 156 cm³/mol. The first-order chi connectivity index (χ1) is 21.0. The number of nitrogens with one attached hydrogen (secondary N) is 5. The van der Waals surface area contributed by atoms with E-state index >= 15 is 0 Å². The molecule has 13 N–H and O–H groups in total. The summed E-state index contributed by atoms with van der Waals surface area (Å²) in [6.45, 7) is 2.33. The molecule has 0 aliphatic carbocycles. The minimum Gasteiger partial charge on any atom is -0.481 e. The van der Waals surface area contributed by atoms with E-state index in [-0.39, 0.29) is 19.4 Å². The highest BCUT2D eigenvalue weighted by Gasteiger charge is 2.31. The second-order valence-corrected chi connectivity index (χ2v) is 10.1. The summed E-state index contributed by atoms with van der Waals surface area (Å²) in [4.78, 5) is 97.4. The number of hydrogen-bond acceptors (Lipinski definition) is 10. The molecular weight excluding hydrogens is 596 g/mol. The van der Waals surface area contributed by atoms with Crippen LogP contribution in [0.2, 0.25) is 0 Å². The van der Waals surface area contributed by atoms with Crippen LogP contribution in [0, 0.1) is 0 Å². The van der Waals surface area contributed by atoms with Gasteiger partial charge in [-0.1, -0.05) is 30.3 Å². The molecule has 0 radical (unpaired) electrons. The van der Waals surface area contributed by atoms with E-state index in [0.717, 1.165) is 0 Å². The molecule has 0 fully saturated rings. The molecule has 45 heavy (non-hydrogen) atoms. The molecule has 0 unspecified atom stereocenters. The van der Waals surface area contributed by atoms with Crippen LogP contribution in [0.5, 0.6) is 0 Å². The van der Waals surface area contributed by atoms with E-state index in [1.807, 2.05) is 0 Å². The fourth-order valence-electron chi connectivity index (χ4n) is 3.74. The Bertz CT molecular complexity index is 1250. The Hall–Kier alpha value is -5.10. The highest BCUT2D eigenvalue weighted by molar-refractivity contribution is 5.96. The Morgan fingerprint density at radius 3 is 1.71 bits per heavy atom. The highest BCUT2D eigenvalue weighted by Crippen LogP contribution is 2.06. The molecule has 0 heterocycles. The van der Waals surface area contributed by atoms with Gasteiger partial charge in [0.1, 0.15) is 30.2 Å². The SMILES string of the molecule is C[C@H](NC(=O)[C@H](C)NC(=O)[C@H](CCC(=O)O)NC(=O)[C@@H](N)CN)C(=O)N[C@@H](Cc1ccccc1)C(=O)N[C@@H](CC(N)=O)C(=O)O. The Kier molecular flexibility index (Phi) is 15.6. The van der Waals surface area contributed by atoms with E-state index in [9.17, 15) is 43.5 Å². The number of carbonyl (C=O) groups is 8. The number of rotatable bonds is 19. The Morgan fingerprint density at radius 1 is 0.711 bits per heavy atom. The fourth-order valence-corrected chi connectivity index (χ4v) is 3.74. The smallest absolute Gasteiger partial charge is 0.326 e. The van der Waals surface area contributed by atoms with E-state index in [4.69, 9.17) is 22.3 Å². The monoisotopic (exact) mass is 636 g/mol. The van der Waals surface area contributed by atoms with Crippen molar-refractivity contribution in [1.82, 2.24) is 26.6 Å². The Morgan fingerprint density at radius 2 is 1.20 bits per heavy atom. The van der Waals surface area contributed by atoms with Crippen molar-refractivity contribution in [2.75, 3.05) is 6.54 Å². The molecule has 1 aromatic carbocycles. The summed E-state index contributed by atoms with van der Waals surface area (Å²) >= 11 is 0. The standard InChI is InChI=1S/C27H40N8O10/c1-13(32-25(42)17(8-9-21(37)38)33-24(41)16(29)12-28)22(39)31-14(2)23(40)34-18(10-15-6-4-3-5-7-15)26(43)35-19(27(44)45)11-20(30)36/h3-7,13-14,16-19H,8-12,28-29H2,1-2H3,(H2,30,36)(H,31,39)(H,32,42)(H,33,41)(H,34,40)(H,35,43)(H,37,38)(H,44,45)/t13-,14-,16-,17-,18-,19-/m0/s1. The molecule has 0 bridgehead atoms. The summed E-state index contributed by atoms with van der Waals surface area (Å²) in [5, 5.41) is 29.9. The van der Waals surface area contributed by atoms with Gasteiger partial charge in [-0.05, 0) is 25.8 Å². The second-order valence-electron chi connectivity index (χ2n) is 10.1. The average Bonchev–Trinajstić information content (AvgIpc) is 2.97. The fraction of sp³-hybridized carbons (Fsp3) is 0.481. The van der Waals surface area contributed by atoms with Gasteiger partial charge in [-0.3, -0.25) is 33.6 Å². The van der Waals surface area contributed by atoms with Crippen molar-refractivity contribution in [2.45, 2.75) is 75.8 Å². The van der Waals surface area contributed by atoms with E-state index < -0.39 is 96.5 Å².